The highest BCUT2D eigenvalue weighted by Crippen LogP contribution is 2.31. The van der Waals surface area contributed by atoms with Gasteiger partial charge in [0.15, 0.2) is 0 Å². The van der Waals surface area contributed by atoms with E-state index in [0.29, 0.717) is 17.0 Å². The maximum absolute atomic E-state index is 15.1. The largest absolute Gasteiger partial charge is 0.352 e. The molecule has 0 aromatic heterocycles. The van der Waals surface area contributed by atoms with Gasteiger partial charge in [0.1, 0.15) is 18.4 Å². The summed E-state index contributed by atoms with van der Waals surface area (Å²) in [6.07, 6.45) is 0.784. The molecule has 10 heteroatoms. The van der Waals surface area contributed by atoms with Gasteiger partial charge in [0, 0.05) is 29.6 Å². The SMILES string of the molecule is CCC(C)NC(=O)C(Cc1ccccc1)N(Cc1ccccc1F)C(=O)CN(c1cccc(Cl)c1C)S(=O)(=O)c1ccc(C)cc1. The van der Waals surface area contributed by atoms with Gasteiger partial charge in [0.25, 0.3) is 10.0 Å². The number of anilines is 1. The van der Waals surface area contributed by atoms with Crippen LogP contribution in [0.2, 0.25) is 5.02 Å². The smallest absolute Gasteiger partial charge is 0.264 e. The van der Waals surface area contributed by atoms with Crippen LogP contribution >= 0.6 is 11.6 Å². The summed E-state index contributed by atoms with van der Waals surface area (Å²) in [7, 11) is -4.29. The van der Waals surface area contributed by atoms with Crippen LogP contribution in [0.25, 0.3) is 0 Å². The molecule has 0 aliphatic rings. The zero-order valence-corrected chi connectivity index (χ0v) is 28.0. The van der Waals surface area contributed by atoms with Gasteiger partial charge in [-0.1, -0.05) is 90.8 Å². The molecule has 2 atom stereocenters. The van der Waals surface area contributed by atoms with Crippen molar-refractivity contribution < 1.29 is 22.4 Å². The highest BCUT2D eigenvalue weighted by molar-refractivity contribution is 7.92. The van der Waals surface area contributed by atoms with Crippen LogP contribution < -0.4 is 9.62 Å². The topological polar surface area (TPSA) is 86.8 Å². The molecule has 7 nitrogen and oxygen atoms in total. The van der Waals surface area contributed by atoms with Crippen molar-refractivity contribution in [2.24, 2.45) is 0 Å². The molecule has 0 fully saturated rings. The van der Waals surface area contributed by atoms with Gasteiger partial charge in [-0.2, -0.15) is 0 Å². The fraction of sp³-hybridized carbons (Fsp3) is 0.278. The molecule has 0 saturated heterocycles. The number of sulfonamides is 1. The first-order chi connectivity index (χ1) is 21.9. The van der Waals surface area contributed by atoms with Crippen LogP contribution in [-0.2, 0) is 32.6 Å². The van der Waals surface area contributed by atoms with Gasteiger partial charge in [-0.15, -0.1) is 0 Å². The number of benzene rings is 4. The minimum Gasteiger partial charge on any atom is -0.352 e. The predicted molar refractivity (Wildman–Crippen MR) is 181 cm³/mol. The number of hydrogen-bond donors (Lipinski definition) is 1. The number of hydrogen-bond acceptors (Lipinski definition) is 4. The van der Waals surface area contributed by atoms with Gasteiger partial charge < -0.3 is 10.2 Å². The third-order valence-corrected chi connectivity index (χ3v) is 10.1. The first kappa shape index (κ1) is 34.7. The lowest BCUT2D eigenvalue weighted by Crippen LogP contribution is -2.54. The summed E-state index contributed by atoms with van der Waals surface area (Å²) in [6, 6.07) is 25.1. The van der Waals surface area contributed by atoms with Gasteiger partial charge in [-0.25, -0.2) is 12.8 Å². The maximum Gasteiger partial charge on any atom is 0.264 e. The predicted octanol–water partition coefficient (Wildman–Crippen LogP) is 6.85. The fourth-order valence-electron chi connectivity index (χ4n) is 5.02. The number of carbonyl (C=O) groups is 2. The second kappa shape index (κ2) is 15.4. The quantitative estimate of drug-likeness (QED) is 0.170. The van der Waals surface area contributed by atoms with Crippen LogP contribution in [0.3, 0.4) is 0 Å². The Hall–Kier alpha value is -4.21. The third kappa shape index (κ3) is 8.33. The Labute approximate surface area is 276 Å². The number of halogens is 2. The van der Waals surface area contributed by atoms with Gasteiger partial charge in [-0.3, -0.25) is 13.9 Å². The Kier molecular flexibility index (Phi) is 11.6. The summed E-state index contributed by atoms with van der Waals surface area (Å²) in [5.74, 6) is -1.65. The molecule has 4 aromatic carbocycles. The summed E-state index contributed by atoms with van der Waals surface area (Å²) in [4.78, 5) is 29.7. The lowest BCUT2D eigenvalue weighted by atomic mass is 10.0. The fourth-order valence-corrected chi connectivity index (χ4v) is 6.66. The molecule has 242 valence electrons. The van der Waals surface area contributed by atoms with E-state index in [9.17, 15) is 18.0 Å². The molecular formula is C36H39ClFN3O4S. The van der Waals surface area contributed by atoms with Crippen LogP contribution in [0, 0.1) is 19.7 Å². The average molecular weight is 664 g/mol. The molecule has 0 spiro atoms. The maximum atomic E-state index is 15.1. The minimum absolute atomic E-state index is 0.0127. The van der Waals surface area contributed by atoms with E-state index in [1.165, 1.54) is 23.1 Å². The Morgan fingerprint density at radius 3 is 2.20 bits per heavy atom. The summed E-state index contributed by atoms with van der Waals surface area (Å²) >= 11 is 6.43. The average Bonchev–Trinajstić information content (AvgIpc) is 3.04. The lowest BCUT2D eigenvalue weighted by molar-refractivity contribution is -0.140. The Morgan fingerprint density at radius 2 is 1.54 bits per heavy atom. The monoisotopic (exact) mass is 663 g/mol. The summed E-state index contributed by atoms with van der Waals surface area (Å²) in [6.45, 7) is 6.39. The molecule has 0 aliphatic heterocycles. The number of nitrogens with zero attached hydrogens (tertiary/aromatic N) is 2. The standard InChI is InChI=1S/C36H39ClFN3O4S/c1-5-26(3)39-36(43)34(22-28-12-7-6-8-13-28)40(23-29-14-9-10-16-32(29)38)35(42)24-41(33-17-11-15-31(37)27(33)4)46(44,45)30-20-18-25(2)19-21-30/h6-21,26,34H,5,22-24H2,1-4H3,(H,39,43). The van der Waals surface area contributed by atoms with E-state index in [4.69, 9.17) is 11.6 Å². The molecule has 0 radical (unpaired) electrons. The molecule has 4 aromatic rings. The lowest BCUT2D eigenvalue weighted by Gasteiger charge is -2.34. The Balaban J connectivity index is 1.85. The molecule has 0 bridgehead atoms. The van der Waals surface area contributed by atoms with E-state index in [-0.39, 0.29) is 35.2 Å². The van der Waals surface area contributed by atoms with E-state index in [0.717, 1.165) is 15.4 Å². The molecule has 2 amide bonds. The number of rotatable bonds is 13. The van der Waals surface area contributed by atoms with Crippen molar-refractivity contribution in [3.05, 3.63) is 130 Å². The summed E-state index contributed by atoms with van der Waals surface area (Å²) < 4.78 is 44.6. The number of amides is 2. The molecule has 2 unspecified atom stereocenters. The summed E-state index contributed by atoms with van der Waals surface area (Å²) in [5, 5.41) is 3.30. The van der Waals surface area contributed by atoms with Crippen molar-refractivity contribution in [3.63, 3.8) is 0 Å². The highest BCUT2D eigenvalue weighted by atomic mass is 35.5. The van der Waals surface area contributed by atoms with Crippen LogP contribution in [0.1, 0.15) is 42.5 Å². The van der Waals surface area contributed by atoms with Crippen molar-refractivity contribution in [3.8, 4) is 0 Å². The van der Waals surface area contributed by atoms with E-state index in [1.54, 1.807) is 55.5 Å². The molecule has 0 saturated carbocycles. The minimum atomic E-state index is -4.29. The van der Waals surface area contributed by atoms with Crippen LogP contribution in [0.5, 0.6) is 0 Å². The van der Waals surface area contributed by atoms with Crippen LogP contribution in [0.15, 0.2) is 102 Å². The molecule has 1 N–H and O–H groups in total. The molecular weight excluding hydrogens is 625 g/mol. The number of aryl methyl sites for hydroxylation is 1. The van der Waals surface area contributed by atoms with E-state index in [2.05, 4.69) is 5.32 Å². The second-order valence-electron chi connectivity index (χ2n) is 11.3. The first-order valence-electron chi connectivity index (χ1n) is 15.1. The van der Waals surface area contributed by atoms with E-state index < -0.39 is 40.2 Å². The summed E-state index contributed by atoms with van der Waals surface area (Å²) in [5.41, 5.74) is 2.53. The Morgan fingerprint density at radius 1 is 0.891 bits per heavy atom. The van der Waals surface area contributed by atoms with Crippen molar-refractivity contribution >= 4 is 39.1 Å². The van der Waals surface area contributed by atoms with Crippen molar-refractivity contribution in [1.82, 2.24) is 10.2 Å². The Bertz CT molecular complexity index is 1770. The van der Waals surface area contributed by atoms with E-state index >= 15 is 4.39 Å². The number of nitrogens with one attached hydrogen (secondary N) is 1. The van der Waals surface area contributed by atoms with Gasteiger partial charge in [-0.05, 0) is 68.7 Å². The molecule has 0 heterocycles. The first-order valence-corrected chi connectivity index (χ1v) is 17.0. The van der Waals surface area contributed by atoms with Gasteiger partial charge >= 0.3 is 0 Å². The zero-order chi connectivity index (χ0) is 33.4. The van der Waals surface area contributed by atoms with Crippen molar-refractivity contribution in [1.29, 1.82) is 0 Å². The van der Waals surface area contributed by atoms with E-state index in [1.807, 2.05) is 51.1 Å². The third-order valence-electron chi connectivity index (χ3n) is 7.97. The van der Waals surface area contributed by atoms with Gasteiger partial charge in [0.2, 0.25) is 11.8 Å². The highest BCUT2D eigenvalue weighted by Gasteiger charge is 2.35. The zero-order valence-electron chi connectivity index (χ0n) is 26.4. The molecule has 0 aliphatic carbocycles. The number of carbonyl (C=O) groups excluding carboxylic acids is 2. The van der Waals surface area contributed by atoms with Crippen LogP contribution in [-0.4, -0.2) is 43.8 Å². The van der Waals surface area contributed by atoms with Crippen LogP contribution in [0.4, 0.5) is 10.1 Å². The molecule has 46 heavy (non-hydrogen) atoms. The molecule has 4 rings (SSSR count). The van der Waals surface area contributed by atoms with Crippen molar-refractivity contribution in [2.75, 3.05) is 10.8 Å². The van der Waals surface area contributed by atoms with Crippen molar-refractivity contribution in [2.45, 2.75) is 64.1 Å². The second-order valence-corrected chi connectivity index (χ2v) is 13.6. The van der Waals surface area contributed by atoms with Gasteiger partial charge in [0.05, 0.1) is 10.6 Å². The normalized spacial score (nSPS) is 12.7.